The summed E-state index contributed by atoms with van der Waals surface area (Å²) in [5.41, 5.74) is 2.23. The second-order valence-electron chi connectivity index (χ2n) is 5.67. The SMILES string of the molecule is N#C/C(=C\c1ccc(-c2cccc([N+](=O)[O-])c2)s1)c1nc2ccccc2s1. The average Bonchev–Trinajstić information content (AvgIpc) is 3.33. The van der Waals surface area contributed by atoms with Crippen molar-refractivity contribution in [3.05, 3.63) is 80.7 Å². The highest BCUT2D eigenvalue weighted by atomic mass is 32.1. The van der Waals surface area contributed by atoms with Crippen molar-refractivity contribution in [2.45, 2.75) is 0 Å². The van der Waals surface area contributed by atoms with Crippen LogP contribution in [0.2, 0.25) is 0 Å². The first-order valence-electron chi connectivity index (χ1n) is 7.96. The first-order valence-corrected chi connectivity index (χ1v) is 9.60. The molecule has 0 saturated carbocycles. The number of para-hydroxylation sites is 1. The maximum absolute atomic E-state index is 11.0. The lowest BCUT2D eigenvalue weighted by atomic mass is 10.1. The lowest BCUT2D eigenvalue weighted by Crippen LogP contribution is -1.87. The van der Waals surface area contributed by atoms with Crippen molar-refractivity contribution in [1.29, 1.82) is 5.26 Å². The van der Waals surface area contributed by atoms with E-state index in [9.17, 15) is 15.4 Å². The Bertz CT molecular complexity index is 1200. The number of thiophene rings is 1. The Labute approximate surface area is 162 Å². The van der Waals surface area contributed by atoms with Gasteiger partial charge in [-0.05, 0) is 35.9 Å². The predicted molar refractivity (Wildman–Crippen MR) is 110 cm³/mol. The topological polar surface area (TPSA) is 79.8 Å². The Balaban J connectivity index is 1.68. The van der Waals surface area contributed by atoms with Crippen LogP contribution >= 0.6 is 22.7 Å². The van der Waals surface area contributed by atoms with E-state index < -0.39 is 4.92 Å². The summed E-state index contributed by atoms with van der Waals surface area (Å²) in [5.74, 6) is 0. The zero-order valence-corrected chi connectivity index (χ0v) is 15.5. The normalized spacial score (nSPS) is 11.4. The summed E-state index contributed by atoms with van der Waals surface area (Å²) in [6.45, 7) is 0. The van der Waals surface area contributed by atoms with E-state index in [0.29, 0.717) is 10.6 Å². The molecule has 2 aromatic heterocycles. The highest BCUT2D eigenvalue weighted by Crippen LogP contribution is 2.33. The molecule has 0 aliphatic carbocycles. The molecule has 4 rings (SSSR count). The monoisotopic (exact) mass is 389 g/mol. The minimum Gasteiger partial charge on any atom is -0.258 e. The van der Waals surface area contributed by atoms with Gasteiger partial charge in [0, 0.05) is 21.9 Å². The van der Waals surface area contributed by atoms with Gasteiger partial charge >= 0.3 is 0 Å². The smallest absolute Gasteiger partial charge is 0.258 e. The average molecular weight is 389 g/mol. The molecule has 0 aliphatic heterocycles. The summed E-state index contributed by atoms with van der Waals surface area (Å²) >= 11 is 2.96. The lowest BCUT2D eigenvalue weighted by Gasteiger charge is -1.97. The number of thiazole rings is 1. The highest BCUT2D eigenvalue weighted by molar-refractivity contribution is 7.19. The molecule has 0 bridgehead atoms. The summed E-state index contributed by atoms with van der Waals surface area (Å²) < 4.78 is 1.04. The van der Waals surface area contributed by atoms with Gasteiger partial charge in [0.1, 0.15) is 11.1 Å². The second-order valence-corrected chi connectivity index (χ2v) is 7.81. The van der Waals surface area contributed by atoms with Gasteiger partial charge < -0.3 is 0 Å². The molecule has 2 heterocycles. The van der Waals surface area contributed by atoms with Crippen molar-refractivity contribution < 1.29 is 4.92 Å². The molecular formula is C20H11N3O2S2. The third-order valence-electron chi connectivity index (χ3n) is 3.90. The van der Waals surface area contributed by atoms with Crippen molar-refractivity contribution in [3.63, 3.8) is 0 Å². The van der Waals surface area contributed by atoms with Crippen LogP contribution in [-0.2, 0) is 0 Å². The van der Waals surface area contributed by atoms with Crippen LogP contribution < -0.4 is 0 Å². The number of nitriles is 1. The molecule has 0 aliphatic rings. The van der Waals surface area contributed by atoms with Gasteiger partial charge in [0.2, 0.25) is 0 Å². The van der Waals surface area contributed by atoms with E-state index >= 15 is 0 Å². The number of benzene rings is 2. The molecule has 130 valence electrons. The van der Waals surface area contributed by atoms with E-state index in [1.807, 2.05) is 48.5 Å². The first kappa shape index (κ1) is 17.1. The largest absolute Gasteiger partial charge is 0.270 e. The van der Waals surface area contributed by atoms with Crippen LogP contribution in [-0.4, -0.2) is 9.91 Å². The molecule has 27 heavy (non-hydrogen) atoms. The van der Waals surface area contributed by atoms with Gasteiger partial charge in [-0.1, -0.05) is 24.3 Å². The maximum Gasteiger partial charge on any atom is 0.270 e. The summed E-state index contributed by atoms with van der Waals surface area (Å²) in [6, 6.07) is 20.4. The highest BCUT2D eigenvalue weighted by Gasteiger charge is 2.11. The van der Waals surface area contributed by atoms with Crippen LogP contribution in [0.1, 0.15) is 9.88 Å². The lowest BCUT2D eigenvalue weighted by molar-refractivity contribution is -0.384. The van der Waals surface area contributed by atoms with Crippen molar-refractivity contribution in [3.8, 4) is 16.5 Å². The number of nitro groups is 1. The van der Waals surface area contributed by atoms with Crippen LogP contribution in [0.15, 0.2) is 60.7 Å². The van der Waals surface area contributed by atoms with Crippen molar-refractivity contribution in [2.24, 2.45) is 0 Å². The van der Waals surface area contributed by atoms with Gasteiger partial charge in [-0.3, -0.25) is 10.1 Å². The van der Waals surface area contributed by atoms with Gasteiger partial charge in [0.15, 0.2) is 0 Å². The van der Waals surface area contributed by atoms with Crippen LogP contribution in [0.4, 0.5) is 5.69 Å². The molecule has 0 spiro atoms. The zero-order valence-electron chi connectivity index (χ0n) is 13.8. The molecule has 2 aromatic carbocycles. The molecule has 0 fully saturated rings. The van der Waals surface area contributed by atoms with Gasteiger partial charge in [0.25, 0.3) is 5.69 Å². The number of aromatic nitrogens is 1. The number of non-ortho nitro benzene ring substituents is 1. The molecule has 5 nitrogen and oxygen atoms in total. The second kappa shape index (κ2) is 7.11. The zero-order chi connectivity index (χ0) is 18.8. The predicted octanol–water partition coefficient (Wildman–Crippen LogP) is 6.00. The minimum absolute atomic E-state index is 0.0604. The number of rotatable bonds is 4. The number of fused-ring (bicyclic) bond motifs is 1. The first-order chi connectivity index (χ1) is 13.1. The van der Waals surface area contributed by atoms with Crippen LogP contribution in [0.25, 0.3) is 32.3 Å². The van der Waals surface area contributed by atoms with Crippen LogP contribution in [0.3, 0.4) is 0 Å². The van der Waals surface area contributed by atoms with E-state index in [2.05, 4.69) is 11.1 Å². The van der Waals surface area contributed by atoms with Gasteiger partial charge in [-0.15, -0.1) is 22.7 Å². The molecule has 0 atom stereocenters. The molecule has 0 saturated heterocycles. The fourth-order valence-electron chi connectivity index (χ4n) is 2.63. The summed E-state index contributed by atoms with van der Waals surface area (Å²) in [6.07, 6.45) is 1.81. The number of nitrogens with zero attached hydrogens (tertiary/aromatic N) is 3. The molecule has 0 amide bonds. The summed E-state index contributed by atoms with van der Waals surface area (Å²) in [7, 11) is 0. The van der Waals surface area contributed by atoms with E-state index in [1.54, 1.807) is 12.1 Å². The molecule has 4 aromatic rings. The molecule has 0 unspecified atom stereocenters. The van der Waals surface area contributed by atoms with Crippen molar-refractivity contribution >= 4 is 50.2 Å². The maximum atomic E-state index is 11.0. The van der Waals surface area contributed by atoms with Crippen molar-refractivity contribution in [1.82, 2.24) is 4.98 Å². The molecule has 0 N–H and O–H groups in total. The number of hydrogen-bond donors (Lipinski definition) is 0. The Hall–Kier alpha value is -3.34. The Morgan fingerprint density at radius 3 is 2.74 bits per heavy atom. The van der Waals surface area contributed by atoms with Gasteiger partial charge in [-0.25, -0.2) is 4.98 Å². The molecular weight excluding hydrogens is 378 g/mol. The molecule has 0 radical (unpaired) electrons. The summed E-state index contributed by atoms with van der Waals surface area (Å²) in [5, 5.41) is 21.2. The number of hydrogen-bond acceptors (Lipinski definition) is 6. The molecule has 7 heteroatoms. The fourth-order valence-corrected chi connectivity index (χ4v) is 4.51. The van der Waals surface area contributed by atoms with Crippen LogP contribution in [0, 0.1) is 21.4 Å². The Morgan fingerprint density at radius 2 is 1.96 bits per heavy atom. The van der Waals surface area contributed by atoms with E-state index in [-0.39, 0.29) is 5.69 Å². The standard InChI is InChI=1S/C20H11N3O2S2/c21-12-14(20-22-17-6-1-2-7-19(17)27-20)11-16-8-9-18(26-16)13-4-3-5-15(10-13)23(24)25/h1-11H/b14-11+. The van der Waals surface area contributed by atoms with E-state index in [0.717, 1.165) is 25.5 Å². The fraction of sp³-hybridized carbons (Fsp3) is 0. The van der Waals surface area contributed by atoms with E-state index in [1.165, 1.54) is 28.7 Å². The van der Waals surface area contributed by atoms with Gasteiger partial charge in [-0.2, -0.15) is 5.26 Å². The quantitative estimate of drug-likeness (QED) is 0.244. The third kappa shape index (κ3) is 3.49. The number of allylic oxidation sites excluding steroid dienone is 1. The van der Waals surface area contributed by atoms with Gasteiger partial charge in [0.05, 0.1) is 20.7 Å². The minimum atomic E-state index is -0.404. The number of nitro benzene ring substituents is 1. The van der Waals surface area contributed by atoms with Crippen molar-refractivity contribution in [2.75, 3.05) is 0 Å². The Morgan fingerprint density at radius 1 is 1.11 bits per heavy atom. The van der Waals surface area contributed by atoms with E-state index in [4.69, 9.17) is 0 Å². The Kier molecular flexibility index (Phi) is 4.50. The summed E-state index contributed by atoms with van der Waals surface area (Å²) in [4.78, 5) is 16.9. The van der Waals surface area contributed by atoms with Crippen LogP contribution in [0.5, 0.6) is 0 Å². The third-order valence-corrected chi connectivity index (χ3v) is 6.05.